The number of amides is 1. The number of carbonyl (C=O) groups excluding carboxylic acids is 3. The van der Waals surface area contributed by atoms with E-state index < -0.39 is 47.6 Å². The fourth-order valence-corrected chi connectivity index (χ4v) is 5.11. The number of hydrogen-bond donors (Lipinski definition) is 2. The maximum atomic E-state index is 13.5. The first kappa shape index (κ1) is 34.6. The van der Waals surface area contributed by atoms with Crippen LogP contribution in [0.2, 0.25) is 0 Å². The van der Waals surface area contributed by atoms with Gasteiger partial charge in [0.1, 0.15) is 17.9 Å². The van der Waals surface area contributed by atoms with Crippen LogP contribution >= 0.6 is 0 Å². The van der Waals surface area contributed by atoms with Gasteiger partial charge in [0.15, 0.2) is 0 Å². The van der Waals surface area contributed by atoms with Crippen LogP contribution in [-0.4, -0.2) is 63.4 Å². The lowest BCUT2D eigenvalue weighted by Gasteiger charge is -2.39. The van der Waals surface area contributed by atoms with E-state index >= 15 is 0 Å². The van der Waals surface area contributed by atoms with Gasteiger partial charge in [0.05, 0.1) is 6.10 Å². The highest BCUT2D eigenvalue weighted by atomic mass is 16.6. The van der Waals surface area contributed by atoms with Crippen LogP contribution in [0.25, 0.3) is 0 Å². The molecule has 0 bridgehead atoms. The summed E-state index contributed by atoms with van der Waals surface area (Å²) in [7, 11) is 0. The van der Waals surface area contributed by atoms with Crippen molar-refractivity contribution in [1.82, 2.24) is 4.90 Å². The molecule has 3 rings (SSSR count). The lowest BCUT2D eigenvalue weighted by molar-refractivity contribution is -0.227. The normalized spacial score (nSPS) is 26.5. The Balaban J connectivity index is 0.00000181. The van der Waals surface area contributed by atoms with Gasteiger partial charge in [-0.25, -0.2) is 4.79 Å². The molecular weight excluding hydrogens is 498 g/mol. The predicted molar refractivity (Wildman–Crippen MR) is 152 cm³/mol. The van der Waals surface area contributed by atoms with Gasteiger partial charge in [-0.2, -0.15) is 0 Å². The molecular formula is C31H51NO7. The number of rotatable bonds is 7. The van der Waals surface area contributed by atoms with Gasteiger partial charge in [0.2, 0.25) is 5.78 Å². The number of ketones is 1. The third-order valence-electron chi connectivity index (χ3n) is 7.38. The Hall–Kier alpha value is -2.45. The van der Waals surface area contributed by atoms with Crippen LogP contribution in [0.3, 0.4) is 0 Å². The number of piperidine rings is 1. The van der Waals surface area contributed by atoms with Crippen molar-refractivity contribution in [2.24, 2.45) is 11.8 Å². The molecule has 8 nitrogen and oxygen atoms in total. The minimum atomic E-state index is -2.59. The Bertz CT molecular complexity index is 920. The fraction of sp³-hybridized carbons (Fsp3) is 0.710. The number of benzene rings is 1. The zero-order valence-electron chi connectivity index (χ0n) is 25.2. The molecule has 0 aromatic heterocycles. The van der Waals surface area contributed by atoms with E-state index in [2.05, 4.69) is 0 Å². The van der Waals surface area contributed by atoms with Gasteiger partial charge >= 0.3 is 11.8 Å². The summed E-state index contributed by atoms with van der Waals surface area (Å²) in [6.45, 7) is 15.5. The SMILES string of the molecule is CC.CC.CCC(Cc1cccc(O)c1)C(C)OC(=O)C1CCCCN1C(=O)C1(O)OC(C)CCC(C)C1=O. The van der Waals surface area contributed by atoms with Gasteiger partial charge in [0.25, 0.3) is 5.91 Å². The molecule has 0 spiro atoms. The molecule has 2 saturated heterocycles. The van der Waals surface area contributed by atoms with Crippen molar-refractivity contribution in [3.63, 3.8) is 0 Å². The first-order valence-corrected chi connectivity index (χ1v) is 14.8. The molecule has 1 aromatic rings. The van der Waals surface area contributed by atoms with Gasteiger partial charge in [-0.05, 0) is 82.4 Å². The average molecular weight is 550 g/mol. The lowest BCUT2D eigenvalue weighted by Crippen LogP contribution is -2.62. The Morgan fingerprint density at radius 2 is 1.79 bits per heavy atom. The molecule has 0 aliphatic carbocycles. The highest BCUT2D eigenvalue weighted by Crippen LogP contribution is 2.31. The maximum absolute atomic E-state index is 13.5. The van der Waals surface area contributed by atoms with Crippen molar-refractivity contribution in [1.29, 1.82) is 0 Å². The fourth-order valence-electron chi connectivity index (χ4n) is 5.11. The number of carbonyl (C=O) groups is 3. The van der Waals surface area contributed by atoms with Gasteiger partial charge in [-0.1, -0.05) is 53.7 Å². The van der Waals surface area contributed by atoms with Gasteiger partial charge in [-0.15, -0.1) is 0 Å². The summed E-state index contributed by atoms with van der Waals surface area (Å²) >= 11 is 0. The summed E-state index contributed by atoms with van der Waals surface area (Å²) in [5, 5.41) is 20.9. The lowest BCUT2D eigenvalue weighted by atomic mass is 9.92. The summed E-state index contributed by atoms with van der Waals surface area (Å²) in [6.07, 6.45) is 3.38. The zero-order chi connectivity index (χ0) is 29.8. The van der Waals surface area contributed by atoms with Crippen LogP contribution in [-0.2, 0) is 30.3 Å². The Morgan fingerprint density at radius 3 is 2.41 bits per heavy atom. The minimum absolute atomic E-state index is 0.0196. The number of Topliss-reactive ketones (excluding diaryl/α,β-unsaturated/α-hetero) is 1. The molecule has 2 aliphatic heterocycles. The number of ether oxygens (including phenoxy) is 2. The Kier molecular flexibility index (Phi) is 14.7. The predicted octanol–water partition coefficient (Wildman–Crippen LogP) is 5.42. The molecule has 1 amide bonds. The second-order valence-electron chi connectivity index (χ2n) is 10.1. The average Bonchev–Trinajstić information content (AvgIpc) is 3.05. The number of phenolic OH excluding ortho intramolecular Hbond substituents is 1. The summed E-state index contributed by atoms with van der Waals surface area (Å²) < 4.78 is 11.4. The summed E-state index contributed by atoms with van der Waals surface area (Å²) in [5.41, 5.74) is 0.948. The van der Waals surface area contributed by atoms with E-state index in [9.17, 15) is 24.6 Å². The first-order chi connectivity index (χ1) is 18.6. The molecule has 1 aromatic carbocycles. The highest BCUT2D eigenvalue weighted by Gasteiger charge is 2.54. The van der Waals surface area contributed by atoms with Crippen LogP contribution in [0.5, 0.6) is 5.75 Å². The monoisotopic (exact) mass is 549 g/mol. The van der Waals surface area contributed by atoms with E-state index in [1.54, 1.807) is 32.0 Å². The van der Waals surface area contributed by atoms with E-state index in [1.165, 1.54) is 4.90 Å². The second-order valence-corrected chi connectivity index (χ2v) is 10.1. The zero-order valence-corrected chi connectivity index (χ0v) is 25.2. The van der Waals surface area contributed by atoms with Gasteiger partial charge in [0, 0.05) is 12.5 Å². The van der Waals surface area contributed by atoms with Crippen LogP contribution < -0.4 is 0 Å². The van der Waals surface area contributed by atoms with Crippen molar-refractivity contribution in [3.8, 4) is 5.75 Å². The van der Waals surface area contributed by atoms with Crippen molar-refractivity contribution >= 4 is 17.7 Å². The molecule has 6 unspecified atom stereocenters. The smallest absolute Gasteiger partial charge is 0.329 e. The molecule has 8 heteroatoms. The van der Waals surface area contributed by atoms with Crippen LogP contribution in [0.15, 0.2) is 24.3 Å². The standard InChI is InChI=1S/C27H39NO7.2C2H6/c1-5-21(15-20-9-8-10-22(29)16-20)19(4)34-25(31)23-11-6-7-14-28(23)26(32)27(33)24(30)17(2)12-13-18(3)35-27;2*1-2/h8-10,16-19,21,23,29,33H,5-7,11-15H2,1-4H3;2*1-2H3. The third-order valence-corrected chi connectivity index (χ3v) is 7.38. The molecule has 222 valence electrons. The molecule has 2 aliphatic rings. The number of nitrogens with zero attached hydrogens (tertiary/aromatic N) is 1. The molecule has 0 saturated carbocycles. The molecule has 0 radical (unpaired) electrons. The second kappa shape index (κ2) is 16.6. The molecule has 39 heavy (non-hydrogen) atoms. The van der Waals surface area contributed by atoms with Crippen molar-refractivity contribution in [3.05, 3.63) is 29.8 Å². The van der Waals surface area contributed by atoms with Gasteiger partial charge < -0.3 is 24.6 Å². The van der Waals surface area contributed by atoms with Gasteiger partial charge in [-0.3, -0.25) is 9.59 Å². The Morgan fingerprint density at radius 1 is 1.13 bits per heavy atom. The quantitative estimate of drug-likeness (QED) is 0.345. The van der Waals surface area contributed by atoms with E-state index in [1.807, 2.05) is 47.6 Å². The molecule has 2 N–H and O–H groups in total. The number of phenols is 1. The summed E-state index contributed by atoms with van der Waals surface area (Å²) in [4.78, 5) is 40.9. The van der Waals surface area contributed by atoms with Crippen molar-refractivity contribution in [2.45, 2.75) is 124 Å². The number of aromatic hydroxyl groups is 1. The van der Waals surface area contributed by atoms with E-state index in [-0.39, 0.29) is 18.2 Å². The Labute approximate surface area is 235 Å². The maximum Gasteiger partial charge on any atom is 0.329 e. The van der Waals surface area contributed by atoms with Crippen LogP contribution in [0.1, 0.15) is 99.5 Å². The van der Waals surface area contributed by atoms with E-state index in [4.69, 9.17) is 9.47 Å². The highest BCUT2D eigenvalue weighted by molar-refractivity contribution is 6.09. The molecule has 2 fully saturated rings. The number of hydrogen-bond acceptors (Lipinski definition) is 7. The first-order valence-electron chi connectivity index (χ1n) is 14.8. The topological polar surface area (TPSA) is 113 Å². The number of aliphatic hydroxyl groups is 1. The number of likely N-dealkylation sites (tertiary alicyclic amines) is 1. The van der Waals surface area contributed by atoms with Crippen molar-refractivity contribution < 1.29 is 34.1 Å². The van der Waals surface area contributed by atoms with Crippen LogP contribution in [0.4, 0.5) is 0 Å². The minimum Gasteiger partial charge on any atom is -0.508 e. The van der Waals surface area contributed by atoms with Crippen LogP contribution in [0, 0.1) is 11.8 Å². The van der Waals surface area contributed by atoms with E-state index in [0.717, 1.165) is 18.4 Å². The molecule has 2 heterocycles. The van der Waals surface area contributed by atoms with E-state index in [0.29, 0.717) is 32.1 Å². The third kappa shape index (κ3) is 9.04. The molecule has 6 atom stereocenters. The number of esters is 1. The largest absolute Gasteiger partial charge is 0.508 e. The van der Waals surface area contributed by atoms with Crippen molar-refractivity contribution in [2.75, 3.05) is 6.54 Å². The summed E-state index contributed by atoms with van der Waals surface area (Å²) in [6, 6.07) is 6.13. The summed E-state index contributed by atoms with van der Waals surface area (Å²) in [5.74, 6) is -4.96.